The number of allylic oxidation sites excluding steroid dienone is 2. The standard InChI is InChI=1S/C13H20N2O2/c1-10(2)6-5-8-11-7-3-4-9-12-14-17-13(16)15(11)12/h5,8,10-11H,3-4,6-7,9H2,1-2H3/b8-5-. The quantitative estimate of drug-likeness (QED) is 0.758. The van der Waals surface area contributed by atoms with Gasteiger partial charge in [0.25, 0.3) is 0 Å². The number of fused-ring (bicyclic) bond motifs is 1. The van der Waals surface area contributed by atoms with Crippen LogP contribution in [0.25, 0.3) is 0 Å². The predicted octanol–water partition coefficient (Wildman–Crippen LogP) is 2.71. The van der Waals surface area contributed by atoms with Crippen molar-refractivity contribution in [3.8, 4) is 0 Å². The van der Waals surface area contributed by atoms with E-state index in [2.05, 4.69) is 31.2 Å². The summed E-state index contributed by atoms with van der Waals surface area (Å²) in [7, 11) is 0. The Morgan fingerprint density at radius 1 is 1.53 bits per heavy atom. The summed E-state index contributed by atoms with van der Waals surface area (Å²) >= 11 is 0. The molecular formula is C13H20N2O2. The summed E-state index contributed by atoms with van der Waals surface area (Å²) in [4.78, 5) is 11.6. The lowest BCUT2D eigenvalue weighted by Gasteiger charge is -2.11. The second-order valence-electron chi connectivity index (χ2n) is 5.11. The number of hydrogen-bond acceptors (Lipinski definition) is 3. The number of nitrogens with zero attached hydrogens (tertiary/aromatic N) is 2. The van der Waals surface area contributed by atoms with E-state index < -0.39 is 0 Å². The van der Waals surface area contributed by atoms with Gasteiger partial charge in [0, 0.05) is 6.42 Å². The first-order valence-electron chi connectivity index (χ1n) is 6.42. The Morgan fingerprint density at radius 3 is 3.12 bits per heavy atom. The Morgan fingerprint density at radius 2 is 2.35 bits per heavy atom. The zero-order chi connectivity index (χ0) is 12.3. The van der Waals surface area contributed by atoms with Gasteiger partial charge in [-0.2, -0.15) is 0 Å². The molecule has 4 nitrogen and oxygen atoms in total. The second-order valence-corrected chi connectivity index (χ2v) is 5.11. The van der Waals surface area contributed by atoms with Crippen LogP contribution in [0.1, 0.15) is 51.4 Å². The molecule has 4 heteroatoms. The Bertz CT molecular complexity index is 443. The minimum Gasteiger partial charge on any atom is -0.296 e. The maximum Gasteiger partial charge on any atom is 0.442 e. The van der Waals surface area contributed by atoms with Crippen LogP contribution in [0.4, 0.5) is 0 Å². The van der Waals surface area contributed by atoms with Gasteiger partial charge in [-0.25, -0.2) is 4.79 Å². The molecule has 0 bridgehead atoms. The third-order valence-corrected chi connectivity index (χ3v) is 3.15. The van der Waals surface area contributed by atoms with Gasteiger partial charge < -0.3 is 0 Å². The van der Waals surface area contributed by atoms with Crippen LogP contribution in [0.3, 0.4) is 0 Å². The number of rotatable bonds is 3. The van der Waals surface area contributed by atoms with Crippen LogP contribution in [-0.2, 0) is 6.42 Å². The van der Waals surface area contributed by atoms with E-state index in [0.29, 0.717) is 5.92 Å². The van der Waals surface area contributed by atoms with Gasteiger partial charge in [0.05, 0.1) is 6.04 Å². The fourth-order valence-corrected chi connectivity index (χ4v) is 2.23. The van der Waals surface area contributed by atoms with E-state index in [1.54, 1.807) is 4.57 Å². The van der Waals surface area contributed by atoms with Gasteiger partial charge >= 0.3 is 5.76 Å². The number of aromatic nitrogens is 2. The first kappa shape index (κ1) is 12.1. The molecule has 17 heavy (non-hydrogen) atoms. The molecule has 0 spiro atoms. The van der Waals surface area contributed by atoms with Crippen LogP contribution < -0.4 is 5.76 Å². The van der Waals surface area contributed by atoms with Gasteiger partial charge in [-0.15, -0.1) is 0 Å². The molecule has 1 aromatic heterocycles. The molecule has 0 aromatic carbocycles. The first-order chi connectivity index (χ1) is 8.18. The average molecular weight is 236 g/mol. The molecule has 0 saturated carbocycles. The minimum atomic E-state index is -0.318. The third-order valence-electron chi connectivity index (χ3n) is 3.15. The highest BCUT2D eigenvalue weighted by molar-refractivity contribution is 5.00. The van der Waals surface area contributed by atoms with Crippen LogP contribution in [-0.4, -0.2) is 9.72 Å². The van der Waals surface area contributed by atoms with Crippen LogP contribution in [0.15, 0.2) is 21.5 Å². The molecule has 1 aliphatic rings. The van der Waals surface area contributed by atoms with Crippen LogP contribution in [0.2, 0.25) is 0 Å². The molecule has 0 aliphatic carbocycles. The van der Waals surface area contributed by atoms with Crippen LogP contribution >= 0.6 is 0 Å². The number of hydrogen-bond donors (Lipinski definition) is 0. The summed E-state index contributed by atoms with van der Waals surface area (Å²) in [5.74, 6) is 1.13. The average Bonchev–Trinajstić information content (AvgIpc) is 2.52. The maximum atomic E-state index is 11.6. The van der Waals surface area contributed by atoms with Crippen LogP contribution in [0.5, 0.6) is 0 Å². The lowest BCUT2D eigenvalue weighted by Crippen LogP contribution is -2.20. The van der Waals surface area contributed by atoms with Crippen molar-refractivity contribution >= 4 is 0 Å². The van der Waals surface area contributed by atoms with E-state index in [1.165, 1.54) is 0 Å². The largest absolute Gasteiger partial charge is 0.442 e. The lowest BCUT2D eigenvalue weighted by atomic mass is 10.1. The van der Waals surface area contributed by atoms with Crippen molar-refractivity contribution in [1.29, 1.82) is 0 Å². The molecule has 0 saturated heterocycles. The summed E-state index contributed by atoms with van der Waals surface area (Å²) in [6, 6.07) is 0.130. The monoisotopic (exact) mass is 236 g/mol. The predicted molar refractivity (Wildman–Crippen MR) is 66.0 cm³/mol. The SMILES string of the molecule is CC(C)C/C=C\C1CCCCc2noc(=O)n21. The summed E-state index contributed by atoms with van der Waals surface area (Å²) in [6.45, 7) is 4.38. The molecule has 1 atom stereocenters. The fourth-order valence-electron chi connectivity index (χ4n) is 2.23. The van der Waals surface area contributed by atoms with Gasteiger partial charge in [0.2, 0.25) is 0 Å². The zero-order valence-corrected chi connectivity index (χ0v) is 10.6. The Balaban J connectivity index is 2.19. The van der Waals surface area contributed by atoms with Crippen molar-refractivity contribution in [3.05, 3.63) is 28.5 Å². The van der Waals surface area contributed by atoms with Crippen molar-refractivity contribution in [3.63, 3.8) is 0 Å². The van der Waals surface area contributed by atoms with Crippen molar-refractivity contribution in [2.45, 2.75) is 52.0 Å². The van der Waals surface area contributed by atoms with Gasteiger partial charge in [-0.1, -0.05) is 37.6 Å². The molecule has 0 amide bonds. The Hall–Kier alpha value is -1.32. The normalized spacial score (nSPS) is 20.8. The third kappa shape index (κ3) is 2.87. The van der Waals surface area contributed by atoms with E-state index in [-0.39, 0.29) is 11.8 Å². The molecular weight excluding hydrogens is 216 g/mol. The summed E-state index contributed by atoms with van der Waals surface area (Å²) in [6.07, 6.45) is 9.42. The van der Waals surface area contributed by atoms with E-state index in [4.69, 9.17) is 4.52 Å². The summed E-state index contributed by atoms with van der Waals surface area (Å²) in [5, 5.41) is 3.85. The van der Waals surface area contributed by atoms with Gasteiger partial charge in [-0.3, -0.25) is 9.09 Å². The molecule has 1 aliphatic heterocycles. The lowest BCUT2D eigenvalue weighted by molar-refractivity contribution is 0.363. The molecule has 2 rings (SSSR count). The molecule has 2 heterocycles. The van der Waals surface area contributed by atoms with Crippen LogP contribution in [0, 0.1) is 5.92 Å². The highest BCUT2D eigenvalue weighted by atomic mass is 16.5. The molecule has 0 radical (unpaired) electrons. The minimum absolute atomic E-state index is 0.130. The fraction of sp³-hybridized carbons (Fsp3) is 0.692. The second kappa shape index (κ2) is 5.34. The molecule has 94 valence electrons. The van der Waals surface area contributed by atoms with E-state index in [1.807, 2.05) is 0 Å². The van der Waals surface area contributed by atoms with E-state index >= 15 is 0 Å². The molecule has 0 fully saturated rings. The van der Waals surface area contributed by atoms with E-state index in [0.717, 1.165) is 37.9 Å². The highest BCUT2D eigenvalue weighted by Crippen LogP contribution is 2.22. The number of aryl methyl sites for hydroxylation is 1. The zero-order valence-electron chi connectivity index (χ0n) is 10.6. The highest BCUT2D eigenvalue weighted by Gasteiger charge is 2.20. The van der Waals surface area contributed by atoms with Gasteiger partial charge in [0.15, 0.2) is 5.82 Å². The van der Waals surface area contributed by atoms with Gasteiger partial charge in [0.1, 0.15) is 0 Å². The topological polar surface area (TPSA) is 48.0 Å². The molecule has 1 aromatic rings. The van der Waals surface area contributed by atoms with Crippen molar-refractivity contribution < 1.29 is 4.52 Å². The summed E-state index contributed by atoms with van der Waals surface area (Å²) < 4.78 is 6.47. The van der Waals surface area contributed by atoms with Crippen molar-refractivity contribution in [2.75, 3.05) is 0 Å². The van der Waals surface area contributed by atoms with Crippen molar-refractivity contribution in [2.24, 2.45) is 5.92 Å². The smallest absolute Gasteiger partial charge is 0.296 e. The Labute approximate surface area is 101 Å². The van der Waals surface area contributed by atoms with E-state index in [9.17, 15) is 4.79 Å². The molecule has 1 unspecified atom stereocenters. The van der Waals surface area contributed by atoms with Crippen molar-refractivity contribution in [1.82, 2.24) is 9.72 Å². The Kier molecular flexibility index (Phi) is 3.82. The summed E-state index contributed by atoms with van der Waals surface area (Å²) in [5.41, 5.74) is 0. The molecule has 0 N–H and O–H groups in total. The van der Waals surface area contributed by atoms with Gasteiger partial charge in [-0.05, 0) is 25.2 Å². The maximum absolute atomic E-state index is 11.6. The first-order valence-corrected chi connectivity index (χ1v) is 6.42.